The maximum Gasteiger partial charge on any atom is 0.257 e. The van der Waals surface area contributed by atoms with Gasteiger partial charge in [0.2, 0.25) is 6.41 Å². The highest BCUT2D eigenvalue weighted by Crippen LogP contribution is 2.29. The van der Waals surface area contributed by atoms with Gasteiger partial charge in [0.1, 0.15) is 0 Å². The maximum absolute atomic E-state index is 12.6. The van der Waals surface area contributed by atoms with Gasteiger partial charge in [0.25, 0.3) is 5.91 Å². The zero-order valence-corrected chi connectivity index (χ0v) is 23.1. The van der Waals surface area contributed by atoms with Crippen molar-refractivity contribution in [2.45, 2.75) is 39.3 Å². The van der Waals surface area contributed by atoms with Crippen molar-refractivity contribution in [3.63, 3.8) is 0 Å². The second-order valence-corrected chi connectivity index (χ2v) is 10.8. The van der Waals surface area contributed by atoms with Crippen LogP contribution in [0.1, 0.15) is 51.0 Å². The quantitative estimate of drug-likeness (QED) is 0.458. The predicted octanol–water partition coefficient (Wildman–Crippen LogP) is 4.30. The van der Waals surface area contributed by atoms with Gasteiger partial charge >= 0.3 is 0 Å². The van der Waals surface area contributed by atoms with Crippen LogP contribution in [-0.4, -0.2) is 60.8 Å². The van der Waals surface area contributed by atoms with E-state index in [9.17, 15) is 9.59 Å². The highest BCUT2D eigenvalue weighted by molar-refractivity contribution is 7.15. The molecule has 198 valence electrons. The zero-order valence-electron chi connectivity index (χ0n) is 22.2. The molecule has 38 heavy (non-hydrogen) atoms. The first-order valence-electron chi connectivity index (χ1n) is 12.9. The Hall–Kier alpha value is -3.58. The van der Waals surface area contributed by atoms with Crippen LogP contribution in [0.25, 0.3) is 0 Å². The van der Waals surface area contributed by atoms with E-state index in [-0.39, 0.29) is 5.91 Å². The molecule has 0 spiro atoms. The molecule has 0 radical (unpaired) electrons. The minimum Gasteiger partial charge on any atom is -0.314 e. The summed E-state index contributed by atoms with van der Waals surface area (Å²) in [5, 5.41) is 12.5. The van der Waals surface area contributed by atoms with Crippen molar-refractivity contribution >= 4 is 34.5 Å². The van der Waals surface area contributed by atoms with E-state index in [1.54, 1.807) is 28.4 Å². The highest BCUT2D eigenvalue weighted by Gasteiger charge is 2.21. The second kappa shape index (κ2) is 12.8. The number of rotatable bonds is 7. The topological polar surface area (TPSA) is 92.6 Å². The molecule has 0 saturated carbocycles. The van der Waals surface area contributed by atoms with Gasteiger partial charge in [0.05, 0.1) is 17.3 Å². The smallest absolute Gasteiger partial charge is 0.257 e. The van der Waals surface area contributed by atoms with Crippen LogP contribution in [0.3, 0.4) is 0 Å². The van der Waals surface area contributed by atoms with Crippen molar-refractivity contribution in [1.82, 2.24) is 14.8 Å². The largest absolute Gasteiger partial charge is 0.314 e. The standard InChI is InChI=1S/C19H26N4OS.C10H8N2O/c1-4-9-22(2)12-14-6-5-7-15(11-14)18(24)21-19-20-16-8-10-23(3)13-17(16)25-19;11-6-8-2-1-3-10-9(8)4-5-12(10)7-13/h5-7,11H,4,8-10,12-13H2,1-3H3,(H,20,21,24);1-3,7H,4-5H2. The number of hydrogen-bond acceptors (Lipinski definition) is 7. The lowest BCUT2D eigenvalue weighted by molar-refractivity contribution is -0.107. The van der Waals surface area contributed by atoms with Gasteiger partial charge in [-0.05, 0) is 68.9 Å². The number of aromatic nitrogens is 1. The van der Waals surface area contributed by atoms with Crippen LogP contribution in [0, 0.1) is 11.3 Å². The van der Waals surface area contributed by atoms with Crippen LogP contribution in [-0.2, 0) is 30.7 Å². The van der Waals surface area contributed by atoms with Gasteiger partial charge in [-0.25, -0.2) is 4.98 Å². The minimum atomic E-state index is -0.0838. The van der Waals surface area contributed by atoms with E-state index in [1.165, 1.54) is 4.88 Å². The summed E-state index contributed by atoms with van der Waals surface area (Å²) in [6.45, 7) is 6.71. The van der Waals surface area contributed by atoms with Crippen molar-refractivity contribution in [1.29, 1.82) is 5.26 Å². The summed E-state index contributed by atoms with van der Waals surface area (Å²) >= 11 is 1.59. The van der Waals surface area contributed by atoms with Crippen molar-refractivity contribution in [2.75, 3.05) is 43.9 Å². The van der Waals surface area contributed by atoms with Crippen molar-refractivity contribution in [3.05, 3.63) is 75.3 Å². The molecule has 3 aromatic rings. The van der Waals surface area contributed by atoms with Gasteiger partial charge in [0.15, 0.2) is 5.13 Å². The van der Waals surface area contributed by atoms with E-state index in [0.717, 1.165) is 74.4 Å². The Morgan fingerprint density at radius 3 is 2.82 bits per heavy atom. The van der Waals surface area contributed by atoms with Crippen LogP contribution in [0.5, 0.6) is 0 Å². The summed E-state index contributed by atoms with van der Waals surface area (Å²) in [6, 6.07) is 15.4. The molecule has 0 bridgehead atoms. The van der Waals surface area contributed by atoms with Gasteiger partial charge < -0.3 is 14.7 Å². The number of carbonyl (C=O) groups excluding carboxylic acids is 2. The number of nitriles is 1. The number of amides is 2. The van der Waals surface area contributed by atoms with E-state index in [0.29, 0.717) is 22.8 Å². The highest BCUT2D eigenvalue weighted by atomic mass is 32.1. The van der Waals surface area contributed by atoms with E-state index in [1.807, 2.05) is 24.3 Å². The lowest BCUT2D eigenvalue weighted by Crippen LogP contribution is -2.25. The molecule has 1 N–H and O–H groups in total. The van der Waals surface area contributed by atoms with Crippen LogP contribution >= 0.6 is 11.3 Å². The Balaban J connectivity index is 0.000000216. The van der Waals surface area contributed by atoms with E-state index in [4.69, 9.17) is 5.26 Å². The predicted molar refractivity (Wildman–Crippen MR) is 151 cm³/mol. The van der Waals surface area contributed by atoms with Gasteiger partial charge in [-0.3, -0.25) is 14.9 Å². The molecule has 0 aliphatic carbocycles. The van der Waals surface area contributed by atoms with Crippen LogP contribution in [0.2, 0.25) is 0 Å². The molecule has 0 saturated heterocycles. The van der Waals surface area contributed by atoms with Crippen molar-refractivity contribution < 1.29 is 9.59 Å². The average molecular weight is 531 g/mol. The number of nitrogens with zero attached hydrogens (tertiary/aromatic N) is 5. The first-order chi connectivity index (χ1) is 18.4. The molecule has 0 fully saturated rings. The Kier molecular flexibility index (Phi) is 9.24. The molecule has 0 unspecified atom stereocenters. The number of hydrogen-bond donors (Lipinski definition) is 1. The number of thiazole rings is 1. The summed E-state index contributed by atoms with van der Waals surface area (Å²) in [5.41, 5.74) is 5.54. The fourth-order valence-electron chi connectivity index (χ4n) is 4.80. The van der Waals surface area contributed by atoms with Gasteiger partial charge in [-0.15, -0.1) is 11.3 Å². The number of likely N-dealkylation sites (N-methyl/N-ethyl adjacent to an activating group) is 1. The Labute approximate surface area is 228 Å². The zero-order chi connectivity index (χ0) is 27.1. The molecule has 2 aliphatic rings. The third-order valence-electron chi connectivity index (χ3n) is 6.70. The van der Waals surface area contributed by atoms with Gasteiger partial charge in [-0.1, -0.05) is 25.1 Å². The van der Waals surface area contributed by atoms with E-state index >= 15 is 0 Å². The number of nitrogens with one attached hydrogen (secondary N) is 1. The first kappa shape index (κ1) is 27.5. The lowest BCUT2D eigenvalue weighted by atomic mass is 10.1. The first-order valence-corrected chi connectivity index (χ1v) is 13.7. The number of carbonyl (C=O) groups is 2. The fourth-order valence-corrected chi connectivity index (χ4v) is 5.89. The molecule has 0 atom stereocenters. The minimum absolute atomic E-state index is 0.0838. The molecule has 2 amide bonds. The third kappa shape index (κ3) is 6.64. The maximum atomic E-state index is 12.6. The Morgan fingerprint density at radius 1 is 1.24 bits per heavy atom. The number of benzene rings is 2. The number of anilines is 2. The summed E-state index contributed by atoms with van der Waals surface area (Å²) < 4.78 is 0. The molecular weight excluding hydrogens is 496 g/mol. The van der Waals surface area contributed by atoms with Gasteiger partial charge in [-0.2, -0.15) is 5.26 Å². The summed E-state index contributed by atoms with van der Waals surface area (Å²) in [4.78, 5) is 35.2. The van der Waals surface area contributed by atoms with Crippen molar-refractivity contribution in [3.8, 4) is 6.07 Å². The van der Waals surface area contributed by atoms with E-state index < -0.39 is 0 Å². The summed E-state index contributed by atoms with van der Waals surface area (Å²) in [5.74, 6) is -0.0838. The molecule has 3 heterocycles. The van der Waals surface area contributed by atoms with Gasteiger partial charge in [0, 0.05) is 48.7 Å². The van der Waals surface area contributed by atoms with Crippen molar-refractivity contribution in [2.24, 2.45) is 0 Å². The third-order valence-corrected chi connectivity index (χ3v) is 7.70. The fraction of sp³-hybridized carbons (Fsp3) is 0.379. The normalized spacial score (nSPS) is 14.2. The molecule has 1 aromatic heterocycles. The Bertz CT molecular complexity index is 1330. The molecule has 9 heteroatoms. The lowest BCUT2D eigenvalue weighted by Gasteiger charge is -2.20. The summed E-state index contributed by atoms with van der Waals surface area (Å²) in [7, 11) is 4.22. The average Bonchev–Trinajstić information content (AvgIpc) is 3.52. The molecule has 8 nitrogen and oxygen atoms in total. The van der Waals surface area contributed by atoms with Crippen LogP contribution in [0.15, 0.2) is 42.5 Å². The second-order valence-electron chi connectivity index (χ2n) is 9.73. The Morgan fingerprint density at radius 2 is 2.05 bits per heavy atom. The SMILES string of the molecule is CCCN(C)Cc1cccc(C(=O)Nc2nc3c(s2)CN(C)CC3)c1.N#Cc1cccc2c1CCN2C=O. The summed E-state index contributed by atoms with van der Waals surface area (Å²) in [6.07, 6.45) is 3.68. The van der Waals surface area contributed by atoms with Crippen LogP contribution in [0.4, 0.5) is 10.8 Å². The number of fused-ring (bicyclic) bond motifs is 2. The molecule has 2 aliphatic heterocycles. The molecule has 2 aromatic carbocycles. The van der Waals surface area contributed by atoms with E-state index in [2.05, 4.69) is 53.3 Å². The monoisotopic (exact) mass is 530 g/mol. The molecular formula is C29H34N6O2S. The molecule has 5 rings (SSSR count). The van der Waals surface area contributed by atoms with Crippen LogP contribution < -0.4 is 10.2 Å².